The van der Waals surface area contributed by atoms with Crippen molar-refractivity contribution in [2.45, 2.75) is 5.54 Å². The van der Waals surface area contributed by atoms with Crippen molar-refractivity contribution in [1.29, 1.82) is 0 Å². The second-order valence-electron chi connectivity index (χ2n) is 2.23. The number of carboxylic acid groups (broad SMARTS) is 1. The average Bonchev–Trinajstić information content (AvgIpc) is 2.00. The molecule has 0 spiro atoms. The molecule has 6 heteroatoms. The first kappa shape index (κ1) is 10.2. The maximum Gasteiger partial charge on any atom is 0.505 e. The van der Waals surface area contributed by atoms with Gasteiger partial charge in [-0.3, -0.25) is 0 Å². The third kappa shape index (κ3) is 3.76. The van der Waals surface area contributed by atoms with E-state index in [9.17, 15) is 4.79 Å². The van der Waals surface area contributed by atoms with E-state index in [1.807, 2.05) is 0 Å². The Labute approximate surface area is 63.2 Å². The minimum atomic E-state index is -1.48. The Morgan fingerprint density at radius 2 is 1.91 bits per heavy atom. The van der Waals surface area contributed by atoms with Gasteiger partial charge in [0.15, 0.2) is 0 Å². The second kappa shape index (κ2) is 4.12. The van der Waals surface area contributed by atoms with Crippen LogP contribution >= 0.6 is 0 Å². The van der Waals surface area contributed by atoms with Gasteiger partial charge in [0.05, 0.1) is 18.8 Å². The average molecular weight is 165 g/mol. The SMILES string of the molecule is NC(CO)(CO)COC(=O)O. The topological polar surface area (TPSA) is 113 Å². The van der Waals surface area contributed by atoms with E-state index < -0.39 is 31.5 Å². The van der Waals surface area contributed by atoms with Crippen LogP contribution in [0.15, 0.2) is 0 Å². The van der Waals surface area contributed by atoms with E-state index >= 15 is 0 Å². The smallest absolute Gasteiger partial charge is 0.450 e. The zero-order valence-corrected chi connectivity index (χ0v) is 5.86. The van der Waals surface area contributed by atoms with Crippen LogP contribution in [-0.4, -0.2) is 46.8 Å². The molecule has 0 aliphatic carbocycles. The van der Waals surface area contributed by atoms with Crippen LogP contribution in [0, 0.1) is 0 Å². The zero-order valence-electron chi connectivity index (χ0n) is 5.86. The Morgan fingerprint density at radius 1 is 1.45 bits per heavy atom. The number of hydrogen-bond acceptors (Lipinski definition) is 5. The van der Waals surface area contributed by atoms with Gasteiger partial charge < -0.3 is 25.8 Å². The Kier molecular flexibility index (Phi) is 3.80. The van der Waals surface area contributed by atoms with Crippen molar-refractivity contribution in [2.75, 3.05) is 19.8 Å². The summed E-state index contributed by atoms with van der Waals surface area (Å²) >= 11 is 0. The lowest BCUT2D eigenvalue weighted by molar-refractivity contribution is 0.0310. The third-order valence-corrected chi connectivity index (χ3v) is 1.11. The molecule has 0 rings (SSSR count). The minimum absolute atomic E-state index is 0.421. The molecule has 6 nitrogen and oxygen atoms in total. The van der Waals surface area contributed by atoms with Gasteiger partial charge in [-0.15, -0.1) is 0 Å². The Morgan fingerprint density at radius 3 is 2.18 bits per heavy atom. The molecule has 0 radical (unpaired) electrons. The van der Waals surface area contributed by atoms with E-state index in [1.54, 1.807) is 0 Å². The van der Waals surface area contributed by atoms with Crippen molar-refractivity contribution in [3.63, 3.8) is 0 Å². The van der Waals surface area contributed by atoms with Gasteiger partial charge in [-0.25, -0.2) is 4.79 Å². The first-order valence-corrected chi connectivity index (χ1v) is 2.90. The van der Waals surface area contributed by atoms with Gasteiger partial charge in [-0.1, -0.05) is 0 Å². The Balaban J connectivity index is 3.78. The molecular weight excluding hydrogens is 154 g/mol. The molecule has 0 bridgehead atoms. The summed E-state index contributed by atoms with van der Waals surface area (Å²) < 4.78 is 4.06. The molecular formula is C5H11NO5. The highest BCUT2D eigenvalue weighted by Crippen LogP contribution is 1.98. The van der Waals surface area contributed by atoms with Crippen molar-refractivity contribution in [1.82, 2.24) is 0 Å². The van der Waals surface area contributed by atoms with E-state index in [0.29, 0.717) is 0 Å². The molecule has 0 amide bonds. The van der Waals surface area contributed by atoms with Crippen LogP contribution < -0.4 is 5.73 Å². The fraction of sp³-hybridized carbons (Fsp3) is 0.800. The van der Waals surface area contributed by atoms with Gasteiger partial charge >= 0.3 is 6.16 Å². The van der Waals surface area contributed by atoms with Gasteiger partial charge in [0, 0.05) is 0 Å². The molecule has 11 heavy (non-hydrogen) atoms. The first-order chi connectivity index (χ1) is 5.04. The van der Waals surface area contributed by atoms with Crippen LogP contribution in [0.5, 0.6) is 0 Å². The number of hydrogen-bond donors (Lipinski definition) is 4. The van der Waals surface area contributed by atoms with Gasteiger partial charge in [0.2, 0.25) is 0 Å². The molecule has 0 atom stereocenters. The fourth-order valence-electron chi connectivity index (χ4n) is 0.347. The Bertz CT molecular complexity index is 133. The van der Waals surface area contributed by atoms with E-state index in [4.69, 9.17) is 21.1 Å². The standard InChI is InChI=1S/C5H11NO5/c6-5(1-7,2-8)3-11-4(9)10/h7-8H,1-3,6H2,(H,9,10). The monoisotopic (exact) mass is 165 g/mol. The number of nitrogens with two attached hydrogens (primary N) is 1. The van der Waals surface area contributed by atoms with E-state index in [0.717, 1.165) is 0 Å². The highest BCUT2D eigenvalue weighted by atomic mass is 16.7. The fourth-order valence-corrected chi connectivity index (χ4v) is 0.347. The predicted octanol–water partition coefficient (Wildman–Crippen LogP) is -1.64. The van der Waals surface area contributed by atoms with Crippen molar-refractivity contribution in [2.24, 2.45) is 5.73 Å². The number of rotatable bonds is 4. The van der Waals surface area contributed by atoms with E-state index in [2.05, 4.69) is 4.74 Å². The summed E-state index contributed by atoms with van der Waals surface area (Å²) in [6.07, 6.45) is -1.48. The van der Waals surface area contributed by atoms with Crippen LogP contribution in [0.25, 0.3) is 0 Å². The minimum Gasteiger partial charge on any atom is -0.450 e. The molecule has 0 aromatic rings. The summed E-state index contributed by atoms with van der Waals surface area (Å²) in [6.45, 7) is -1.48. The number of aliphatic hydroxyl groups excluding tert-OH is 2. The van der Waals surface area contributed by atoms with Gasteiger partial charge in [0.25, 0.3) is 0 Å². The summed E-state index contributed by atoms with van der Waals surface area (Å²) in [7, 11) is 0. The zero-order chi connectivity index (χ0) is 8.91. The highest BCUT2D eigenvalue weighted by Gasteiger charge is 2.24. The van der Waals surface area contributed by atoms with Gasteiger partial charge in [-0.05, 0) is 0 Å². The molecule has 0 aliphatic heterocycles. The van der Waals surface area contributed by atoms with Gasteiger partial charge in [-0.2, -0.15) is 0 Å². The van der Waals surface area contributed by atoms with Crippen LogP contribution in [0.1, 0.15) is 0 Å². The molecule has 66 valence electrons. The third-order valence-electron chi connectivity index (χ3n) is 1.11. The molecule has 0 heterocycles. The number of aliphatic hydroxyl groups is 2. The van der Waals surface area contributed by atoms with Crippen LogP contribution in [0.2, 0.25) is 0 Å². The molecule has 0 aliphatic rings. The number of carbonyl (C=O) groups is 1. The lowest BCUT2D eigenvalue weighted by atomic mass is 10.1. The van der Waals surface area contributed by atoms with Crippen LogP contribution in [0.4, 0.5) is 4.79 Å². The largest absolute Gasteiger partial charge is 0.505 e. The second-order valence-corrected chi connectivity index (χ2v) is 2.23. The summed E-state index contributed by atoms with van der Waals surface area (Å²) in [5.74, 6) is 0. The predicted molar refractivity (Wildman–Crippen MR) is 35.1 cm³/mol. The Hall–Kier alpha value is -0.850. The highest BCUT2D eigenvalue weighted by molar-refractivity contribution is 5.56. The van der Waals surface area contributed by atoms with Crippen molar-refractivity contribution >= 4 is 6.16 Å². The van der Waals surface area contributed by atoms with Gasteiger partial charge in [0.1, 0.15) is 6.61 Å². The summed E-state index contributed by atoms with van der Waals surface area (Å²) in [5, 5.41) is 25.1. The van der Waals surface area contributed by atoms with Crippen LogP contribution in [-0.2, 0) is 4.74 Å². The van der Waals surface area contributed by atoms with E-state index in [1.165, 1.54) is 0 Å². The van der Waals surface area contributed by atoms with Crippen molar-refractivity contribution in [3.8, 4) is 0 Å². The lowest BCUT2D eigenvalue weighted by Crippen LogP contribution is -2.51. The quantitative estimate of drug-likeness (QED) is 0.372. The maximum absolute atomic E-state index is 9.84. The summed E-state index contributed by atoms with van der Waals surface area (Å²) in [4.78, 5) is 9.84. The van der Waals surface area contributed by atoms with Crippen molar-refractivity contribution < 1.29 is 24.9 Å². The number of ether oxygens (including phenoxy) is 1. The molecule has 0 unspecified atom stereocenters. The van der Waals surface area contributed by atoms with E-state index in [-0.39, 0.29) is 0 Å². The summed E-state index contributed by atoms with van der Waals surface area (Å²) in [6, 6.07) is 0. The first-order valence-electron chi connectivity index (χ1n) is 2.90. The van der Waals surface area contributed by atoms with Crippen molar-refractivity contribution in [3.05, 3.63) is 0 Å². The normalized spacial score (nSPS) is 11.2. The molecule has 0 aromatic heterocycles. The molecule has 5 N–H and O–H groups in total. The molecule has 0 aromatic carbocycles. The summed E-state index contributed by atoms with van der Waals surface area (Å²) in [5.41, 5.74) is 3.88. The maximum atomic E-state index is 9.84. The van der Waals surface area contributed by atoms with Crippen LogP contribution in [0.3, 0.4) is 0 Å². The molecule has 0 saturated carbocycles. The lowest BCUT2D eigenvalue weighted by Gasteiger charge is -2.22. The molecule has 0 fully saturated rings. The molecule has 0 saturated heterocycles.